The summed E-state index contributed by atoms with van der Waals surface area (Å²) in [5.74, 6) is -0.174. The first-order chi connectivity index (χ1) is 12.5. The third kappa shape index (κ3) is 3.96. The van der Waals surface area contributed by atoms with E-state index in [0.29, 0.717) is 10.6 Å². The van der Waals surface area contributed by atoms with Gasteiger partial charge in [-0.05, 0) is 44.0 Å². The fourth-order valence-electron chi connectivity index (χ4n) is 2.74. The van der Waals surface area contributed by atoms with Crippen LogP contribution in [0.4, 0.5) is 0 Å². The maximum Gasteiger partial charge on any atom is 0.348 e. The average Bonchev–Trinajstić information content (AvgIpc) is 3.22. The molecule has 3 rings (SSSR count). The van der Waals surface area contributed by atoms with E-state index in [2.05, 4.69) is 5.32 Å². The number of hydrogen-bond acceptors (Lipinski definition) is 5. The van der Waals surface area contributed by atoms with Crippen LogP contribution in [0.5, 0.6) is 0 Å². The van der Waals surface area contributed by atoms with E-state index in [9.17, 15) is 9.59 Å². The molecule has 5 nitrogen and oxygen atoms in total. The third-order valence-corrected chi connectivity index (χ3v) is 5.49. The second-order valence-corrected chi connectivity index (χ2v) is 7.26. The van der Waals surface area contributed by atoms with Crippen LogP contribution in [0.25, 0.3) is 11.0 Å². The molecule has 1 aromatic carbocycles. The number of rotatable bonds is 6. The van der Waals surface area contributed by atoms with E-state index in [0.717, 1.165) is 27.8 Å². The Morgan fingerprint density at radius 2 is 2.04 bits per heavy atom. The molecule has 2 heterocycles. The molecule has 0 aliphatic heterocycles. The van der Waals surface area contributed by atoms with Gasteiger partial charge in [-0.1, -0.05) is 25.1 Å². The SMILES string of the molecule is CCc1sc(C(=O)OCC(=O)N[C@H](C)c2cc3ccccc3o2)cc1C. The third-order valence-electron chi connectivity index (χ3n) is 4.13. The minimum Gasteiger partial charge on any atom is -0.459 e. The van der Waals surface area contributed by atoms with E-state index < -0.39 is 5.97 Å². The molecule has 26 heavy (non-hydrogen) atoms. The van der Waals surface area contributed by atoms with Crippen molar-refractivity contribution in [2.24, 2.45) is 0 Å². The molecule has 3 aromatic rings. The average molecular weight is 371 g/mol. The monoisotopic (exact) mass is 371 g/mol. The van der Waals surface area contributed by atoms with E-state index in [1.807, 2.05) is 51.1 Å². The maximum atomic E-state index is 12.1. The summed E-state index contributed by atoms with van der Waals surface area (Å²) in [5.41, 5.74) is 1.85. The summed E-state index contributed by atoms with van der Waals surface area (Å²) in [7, 11) is 0. The Hall–Kier alpha value is -2.60. The number of nitrogens with one attached hydrogen (secondary N) is 1. The second kappa shape index (κ2) is 7.74. The first-order valence-corrected chi connectivity index (χ1v) is 9.34. The first-order valence-electron chi connectivity index (χ1n) is 8.52. The van der Waals surface area contributed by atoms with Crippen LogP contribution >= 0.6 is 11.3 Å². The van der Waals surface area contributed by atoms with Crippen molar-refractivity contribution >= 4 is 34.2 Å². The minimum absolute atomic E-state index is 0.315. The predicted octanol–water partition coefficient (Wildman–Crippen LogP) is 4.40. The first kappa shape index (κ1) is 18.2. The van der Waals surface area contributed by atoms with Gasteiger partial charge in [-0.25, -0.2) is 4.79 Å². The Morgan fingerprint density at radius 1 is 1.27 bits per heavy atom. The van der Waals surface area contributed by atoms with Gasteiger partial charge in [0.05, 0.1) is 6.04 Å². The molecule has 0 saturated heterocycles. The number of aryl methyl sites for hydroxylation is 2. The van der Waals surface area contributed by atoms with Crippen molar-refractivity contribution in [3.8, 4) is 0 Å². The zero-order valence-corrected chi connectivity index (χ0v) is 15.8. The lowest BCUT2D eigenvalue weighted by Gasteiger charge is -2.11. The van der Waals surface area contributed by atoms with Gasteiger partial charge in [0.2, 0.25) is 0 Å². The summed E-state index contributed by atoms with van der Waals surface area (Å²) < 4.78 is 10.9. The van der Waals surface area contributed by atoms with Gasteiger partial charge in [0.15, 0.2) is 6.61 Å². The smallest absolute Gasteiger partial charge is 0.348 e. The standard InChI is InChI=1S/C20H21NO4S/c1-4-17-12(2)9-18(26-17)20(23)24-11-19(22)21-13(3)16-10-14-7-5-6-8-15(14)25-16/h5-10,13H,4,11H2,1-3H3,(H,21,22)/t13-/m1/s1. The number of amides is 1. The summed E-state index contributed by atoms with van der Waals surface area (Å²) >= 11 is 1.41. The van der Waals surface area contributed by atoms with Crippen LogP contribution in [-0.4, -0.2) is 18.5 Å². The molecule has 0 aliphatic carbocycles. The summed E-state index contributed by atoms with van der Waals surface area (Å²) in [6.45, 7) is 5.52. The highest BCUT2D eigenvalue weighted by molar-refractivity contribution is 7.14. The zero-order chi connectivity index (χ0) is 18.7. The molecule has 0 fully saturated rings. The normalized spacial score (nSPS) is 12.1. The quantitative estimate of drug-likeness (QED) is 0.652. The number of benzene rings is 1. The van der Waals surface area contributed by atoms with Crippen molar-refractivity contribution in [2.45, 2.75) is 33.2 Å². The van der Waals surface area contributed by atoms with Gasteiger partial charge in [-0.3, -0.25) is 4.79 Å². The van der Waals surface area contributed by atoms with Crippen molar-refractivity contribution in [1.82, 2.24) is 5.32 Å². The number of thiophene rings is 1. The number of esters is 1. The molecule has 0 saturated carbocycles. The maximum absolute atomic E-state index is 12.1. The Bertz CT molecular complexity index is 907. The van der Waals surface area contributed by atoms with Gasteiger partial charge in [-0.2, -0.15) is 0 Å². The minimum atomic E-state index is -0.468. The summed E-state index contributed by atoms with van der Waals surface area (Å²) in [6, 6.07) is 11.0. The van der Waals surface area contributed by atoms with Gasteiger partial charge in [0.1, 0.15) is 16.2 Å². The second-order valence-electron chi connectivity index (χ2n) is 6.12. The molecular weight excluding hydrogens is 350 g/mol. The van der Waals surface area contributed by atoms with E-state index in [4.69, 9.17) is 9.15 Å². The highest BCUT2D eigenvalue weighted by atomic mass is 32.1. The molecule has 0 radical (unpaired) electrons. The van der Waals surface area contributed by atoms with Gasteiger partial charge in [-0.15, -0.1) is 11.3 Å². The highest BCUT2D eigenvalue weighted by Crippen LogP contribution is 2.24. The van der Waals surface area contributed by atoms with Crippen LogP contribution in [0, 0.1) is 6.92 Å². The Kier molecular flexibility index (Phi) is 5.42. The van der Waals surface area contributed by atoms with E-state index in [1.54, 1.807) is 6.07 Å². The van der Waals surface area contributed by atoms with Crippen molar-refractivity contribution < 1.29 is 18.7 Å². The lowest BCUT2D eigenvalue weighted by atomic mass is 10.2. The lowest BCUT2D eigenvalue weighted by Crippen LogP contribution is -2.30. The Morgan fingerprint density at radius 3 is 2.73 bits per heavy atom. The number of para-hydroxylation sites is 1. The van der Waals surface area contributed by atoms with E-state index in [1.165, 1.54) is 11.3 Å². The lowest BCUT2D eigenvalue weighted by molar-refractivity contribution is -0.125. The van der Waals surface area contributed by atoms with Crippen molar-refractivity contribution in [3.63, 3.8) is 0 Å². The van der Waals surface area contributed by atoms with E-state index >= 15 is 0 Å². The number of carbonyl (C=O) groups is 2. The van der Waals surface area contributed by atoms with Crippen LogP contribution in [0.2, 0.25) is 0 Å². The largest absolute Gasteiger partial charge is 0.459 e. The topological polar surface area (TPSA) is 68.5 Å². The van der Waals surface area contributed by atoms with Gasteiger partial charge in [0, 0.05) is 10.3 Å². The fourth-order valence-corrected chi connectivity index (χ4v) is 3.75. The molecule has 0 unspecified atom stereocenters. The molecular formula is C20H21NO4S. The number of furan rings is 1. The van der Waals surface area contributed by atoms with Crippen LogP contribution in [0.15, 0.2) is 40.8 Å². The van der Waals surface area contributed by atoms with Gasteiger partial charge in [0.25, 0.3) is 5.91 Å². The Balaban J connectivity index is 1.55. The summed E-state index contributed by atoms with van der Waals surface area (Å²) in [6.07, 6.45) is 0.874. The summed E-state index contributed by atoms with van der Waals surface area (Å²) in [4.78, 5) is 25.9. The van der Waals surface area contributed by atoms with Crippen molar-refractivity contribution in [1.29, 1.82) is 0 Å². The molecule has 136 valence electrons. The molecule has 1 atom stereocenters. The molecule has 6 heteroatoms. The van der Waals surface area contributed by atoms with Crippen LogP contribution in [0.1, 0.15) is 45.8 Å². The number of fused-ring (bicyclic) bond motifs is 1. The molecule has 0 spiro atoms. The number of ether oxygens (including phenoxy) is 1. The molecule has 2 aromatic heterocycles. The van der Waals surface area contributed by atoms with Crippen LogP contribution in [-0.2, 0) is 16.0 Å². The summed E-state index contributed by atoms with van der Waals surface area (Å²) in [5, 5.41) is 3.77. The molecule has 0 bridgehead atoms. The predicted molar refractivity (Wildman–Crippen MR) is 101 cm³/mol. The highest BCUT2D eigenvalue weighted by Gasteiger charge is 2.17. The zero-order valence-electron chi connectivity index (χ0n) is 15.0. The van der Waals surface area contributed by atoms with Gasteiger partial charge < -0.3 is 14.5 Å². The fraction of sp³-hybridized carbons (Fsp3) is 0.300. The molecule has 0 aliphatic rings. The molecule has 1 N–H and O–H groups in total. The van der Waals surface area contributed by atoms with Gasteiger partial charge >= 0.3 is 5.97 Å². The number of carbonyl (C=O) groups excluding carboxylic acids is 2. The Labute approximate surface area is 156 Å². The van der Waals surface area contributed by atoms with Crippen LogP contribution < -0.4 is 5.32 Å². The van der Waals surface area contributed by atoms with Crippen molar-refractivity contribution in [2.75, 3.05) is 6.61 Å². The van der Waals surface area contributed by atoms with Crippen LogP contribution in [0.3, 0.4) is 0 Å². The van der Waals surface area contributed by atoms with Crippen molar-refractivity contribution in [3.05, 3.63) is 57.5 Å². The van der Waals surface area contributed by atoms with E-state index in [-0.39, 0.29) is 18.6 Å². The number of hydrogen-bond donors (Lipinski definition) is 1. The molecule has 1 amide bonds.